The van der Waals surface area contributed by atoms with Crippen molar-refractivity contribution in [2.45, 2.75) is 26.8 Å². The van der Waals surface area contributed by atoms with Gasteiger partial charge in [0.25, 0.3) is 0 Å². The topological polar surface area (TPSA) is 54.9 Å². The van der Waals surface area contributed by atoms with E-state index in [1.54, 1.807) is 0 Å². The average Bonchev–Trinajstić information content (AvgIpc) is 2.89. The van der Waals surface area contributed by atoms with Crippen LogP contribution in [0.5, 0.6) is 11.5 Å². The van der Waals surface area contributed by atoms with E-state index >= 15 is 0 Å². The molecule has 0 atom stereocenters. The predicted molar refractivity (Wildman–Crippen MR) is 78.5 cm³/mol. The van der Waals surface area contributed by atoms with Crippen molar-refractivity contribution in [3.05, 3.63) is 23.8 Å². The summed E-state index contributed by atoms with van der Waals surface area (Å²) in [5.74, 6) is 1.56. The first-order chi connectivity index (χ1) is 9.19. The van der Waals surface area contributed by atoms with Gasteiger partial charge in [-0.2, -0.15) is 5.10 Å². The van der Waals surface area contributed by atoms with Gasteiger partial charge in [0.1, 0.15) is 0 Å². The Morgan fingerprint density at radius 2 is 2.16 bits per heavy atom. The number of nitrogens with zero attached hydrogens (tertiary/aromatic N) is 1. The summed E-state index contributed by atoms with van der Waals surface area (Å²) in [6, 6.07) is 5.82. The van der Waals surface area contributed by atoms with Gasteiger partial charge in [0.05, 0.1) is 0 Å². The van der Waals surface area contributed by atoms with Crippen LogP contribution in [0.25, 0.3) is 0 Å². The molecule has 0 radical (unpaired) electrons. The highest BCUT2D eigenvalue weighted by molar-refractivity contribution is 7.80. The molecule has 19 heavy (non-hydrogen) atoms. The Hall–Kier alpha value is -1.82. The molecule has 0 spiro atoms. The maximum Gasteiger partial charge on any atom is 0.231 e. The van der Waals surface area contributed by atoms with E-state index in [1.807, 2.05) is 32.0 Å². The third kappa shape index (κ3) is 3.82. The second kappa shape index (κ2) is 6.38. The molecule has 6 heteroatoms. The zero-order chi connectivity index (χ0) is 13.7. The van der Waals surface area contributed by atoms with E-state index in [0.29, 0.717) is 11.7 Å². The zero-order valence-electron chi connectivity index (χ0n) is 11.0. The van der Waals surface area contributed by atoms with Crippen LogP contribution in [-0.4, -0.2) is 17.6 Å². The Balaban J connectivity index is 1.84. The lowest BCUT2D eigenvalue weighted by atomic mass is 10.2. The lowest BCUT2D eigenvalue weighted by Gasteiger charge is -2.08. The van der Waals surface area contributed by atoms with Gasteiger partial charge < -0.3 is 14.8 Å². The Labute approximate surface area is 118 Å². The van der Waals surface area contributed by atoms with E-state index in [0.717, 1.165) is 29.2 Å². The molecule has 1 heterocycles. The monoisotopic (exact) mass is 279 g/mol. The van der Waals surface area contributed by atoms with Gasteiger partial charge in [0.15, 0.2) is 16.6 Å². The fraction of sp³-hybridized carbons (Fsp3) is 0.385. The molecule has 0 amide bonds. The lowest BCUT2D eigenvalue weighted by Crippen LogP contribution is -2.31. The summed E-state index contributed by atoms with van der Waals surface area (Å²) in [5, 5.41) is 7.72. The van der Waals surface area contributed by atoms with Crippen molar-refractivity contribution >= 4 is 23.0 Å². The van der Waals surface area contributed by atoms with Gasteiger partial charge >= 0.3 is 0 Å². The minimum Gasteiger partial charge on any atom is -0.454 e. The Morgan fingerprint density at radius 1 is 1.37 bits per heavy atom. The van der Waals surface area contributed by atoms with Gasteiger partial charge in [-0.25, -0.2) is 0 Å². The van der Waals surface area contributed by atoms with Gasteiger partial charge in [-0.05, 0) is 43.3 Å². The summed E-state index contributed by atoms with van der Waals surface area (Å²) in [4.78, 5) is 0. The average molecular weight is 279 g/mol. The summed E-state index contributed by atoms with van der Waals surface area (Å²) in [5.41, 5.74) is 4.89. The van der Waals surface area contributed by atoms with Crippen LogP contribution in [0.15, 0.2) is 23.3 Å². The van der Waals surface area contributed by atoms with Crippen molar-refractivity contribution in [2.24, 2.45) is 5.10 Å². The standard InChI is InChI=1S/C13H17N3O2S/c1-3-9(2)15-16-13(19)14-7-10-4-5-11-12(6-10)18-8-17-11/h4-6H,3,7-8H2,1-2H3,(H2,14,16,19)/b15-9-. The van der Waals surface area contributed by atoms with Crippen LogP contribution < -0.4 is 20.2 Å². The maximum atomic E-state index is 5.32. The fourth-order valence-corrected chi connectivity index (χ4v) is 1.62. The molecular weight excluding hydrogens is 262 g/mol. The second-order valence-electron chi connectivity index (χ2n) is 4.18. The minimum absolute atomic E-state index is 0.289. The van der Waals surface area contributed by atoms with Gasteiger partial charge in [0.2, 0.25) is 6.79 Å². The number of fused-ring (bicyclic) bond motifs is 1. The van der Waals surface area contributed by atoms with Gasteiger partial charge in [-0.15, -0.1) is 0 Å². The molecule has 5 nitrogen and oxygen atoms in total. The van der Waals surface area contributed by atoms with Crippen LogP contribution in [0.4, 0.5) is 0 Å². The van der Waals surface area contributed by atoms with Crippen LogP contribution in [0.1, 0.15) is 25.8 Å². The molecule has 2 rings (SSSR count). The quantitative estimate of drug-likeness (QED) is 0.502. The number of hydrogen-bond donors (Lipinski definition) is 2. The summed E-state index contributed by atoms with van der Waals surface area (Å²) in [6.45, 7) is 4.90. The first kappa shape index (κ1) is 13.6. The number of ether oxygens (including phenoxy) is 2. The molecule has 2 N–H and O–H groups in total. The first-order valence-electron chi connectivity index (χ1n) is 6.14. The molecular formula is C13H17N3O2S. The predicted octanol–water partition coefficient (Wildman–Crippen LogP) is 2.17. The van der Waals surface area contributed by atoms with Gasteiger partial charge in [0, 0.05) is 12.3 Å². The van der Waals surface area contributed by atoms with Crippen molar-refractivity contribution in [1.82, 2.24) is 10.7 Å². The smallest absolute Gasteiger partial charge is 0.231 e. The molecule has 0 saturated carbocycles. The van der Waals surface area contributed by atoms with E-state index in [9.17, 15) is 0 Å². The van der Waals surface area contributed by atoms with Crippen molar-refractivity contribution in [2.75, 3.05) is 6.79 Å². The first-order valence-corrected chi connectivity index (χ1v) is 6.55. The van der Waals surface area contributed by atoms with E-state index in [2.05, 4.69) is 15.8 Å². The molecule has 0 unspecified atom stereocenters. The summed E-state index contributed by atoms with van der Waals surface area (Å²) >= 11 is 5.13. The number of hydrogen-bond acceptors (Lipinski definition) is 4. The van der Waals surface area contributed by atoms with E-state index in [4.69, 9.17) is 21.7 Å². The van der Waals surface area contributed by atoms with Gasteiger partial charge in [-0.1, -0.05) is 13.0 Å². The lowest BCUT2D eigenvalue weighted by molar-refractivity contribution is 0.174. The highest BCUT2D eigenvalue weighted by Gasteiger charge is 2.12. The fourth-order valence-electron chi connectivity index (χ4n) is 1.50. The highest BCUT2D eigenvalue weighted by atomic mass is 32.1. The second-order valence-corrected chi connectivity index (χ2v) is 4.59. The molecule has 0 saturated heterocycles. The van der Waals surface area contributed by atoms with E-state index < -0.39 is 0 Å². The molecule has 0 aliphatic carbocycles. The number of benzene rings is 1. The minimum atomic E-state index is 0.289. The number of hydrazone groups is 1. The summed E-state index contributed by atoms with van der Waals surface area (Å²) < 4.78 is 10.6. The van der Waals surface area contributed by atoms with Crippen LogP contribution in [-0.2, 0) is 6.54 Å². The molecule has 1 aliphatic heterocycles. The molecule has 102 valence electrons. The van der Waals surface area contributed by atoms with Crippen LogP contribution in [0.3, 0.4) is 0 Å². The summed E-state index contributed by atoms with van der Waals surface area (Å²) in [7, 11) is 0. The third-order valence-electron chi connectivity index (χ3n) is 2.75. The number of thiocarbonyl (C=S) groups is 1. The van der Waals surface area contributed by atoms with Crippen LogP contribution in [0.2, 0.25) is 0 Å². The normalized spacial score (nSPS) is 13.3. The molecule has 1 aromatic carbocycles. The maximum absolute atomic E-state index is 5.32. The SMILES string of the molecule is CC/C(C)=N\NC(=S)NCc1ccc2c(c1)OCO2. The van der Waals surface area contributed by atoms with Gasteiger partial charge in [-0.3, -0.25) is 5.43 Å². The Kier molecular flexibility index (Phi) is 4.57. The number of nitrogens with one attached hydrogen (secondary N) is 2. The molecule has 0 aromatic heterocycles. The van der Waals surface area contributed by atoms with Crippen molar-refractivity contribution in [3.63, 3.8) is 0 Å². The van der Waals surface area contributed by atoms with E-state index in [-0.39, 0.29) is 6.79 Å². The molecule has 1 aromatic rings. The van der Waals surface area contributed by atoms with Crippen molar-refractivity contribution in [3.8, 4) is 11.5 Å². The summed E-state index contributed by atoms with van der Waals surface area (Å²) in [6.07, 6.45) is 0.901. The largest absolute Gasteiger partial charge is 0.454 e. The third-order valence-corrected chi connectivity index (χ3v) is 2.99. The Morgan fingerprint density at radius 3 is 2.95 bits per heavy atom. The molecule has 1 aliphatic rings. The van der Waals surface area contributed by atoms with Crippen molar-refractivity contribution in [1.29, 1.82) is 0 Å². The highest BCUT2D eigenvalue weighted by Crippen LogP contribution is 2.32. The Bertz CT molecular complexity index is 503. The molecule has 0 bridgehead atoms. The number of rotatable bonds is 4. The van der Waals surface area contributed by atoms with Crippen LogP contribution >= 0.6 is 12.2 Å². The zero-order valence-corrected chi connectivity index (χ0v) is 11.8. The van der Waals surface area contributed by atoms with E-state index in [1.165, 1.54) is 0 Å². The van der Waals surface area contributed by atoms with Crippen LogP contribution in [0, 0.1) is 0 Å². The van der Waals surface area contributed by atoms with Crippen molar-refractivity contribution < 1.29 is 9.47 Å². The molecule has 0 fully saturated rings.